The monoisotopic (exact) mass is 278 g/mol. The first-order valence-corrected chi connectivity index (χ1v) is 4.65. The first kappa shape index (κ1) is 11.9. The summed E-state index contributed by atoms with van der Waals surface area (Å²) in [5.74, 6) is 0. The number of alkyl halides is 3. The first-order valence-electron chi connectivity index (χ1n) is 3.86. The zero-order valence-electron chi connectivity index (χ0n) is 7.35. The van der Waals surface area contributed by atoms with Crippen LogP contribution >= 0.6 is 15.9 Å². The van der Waals surface area contributed by atoms with Gasteiger partial charge in [0.2, 0.25) is 0 Å². The summed E-state index contributed by atoms with van der Waals surface area (Å²) in [6.07, 6.45) is -2.79. The summed E-state index contributed by atoms with van der Waals surface area (Å²) >= 11 is 3.09. The van der Waals surface area contributed by atoms with Crippen molar-refractivity contribution in [2.75, 3.05) is 0 Å². The van der Waals surface area contributed by atoms with Crippen LogP contribution in [0.1, 0.15) is 5.69 Å². The second kappa shape index (κ2) is 4.57. The number of allylic oxidation sites excluding steroid dienone is 1. The van der Waals surface area contributed by atoms with Gasteiger partial charge in [-0.3, -0.25) is 5.41 Å². The highest BCUT2D eigenvalue weighted by molar-refractivity contribution is 9.10. The van der Waals surface area contributed by atoms with E-state index < -0.39 is 11.9 Å². The molecule has 6 heteroatoms. The van der Waals surface area contributed by atoms with E-state index in [-0.39, 0.29) is 0 Å². The minimum atomic E-state index is -4.61. The van der Waals surface area contributed by atoms with E-state index >= 15 is 0 Å². The molecule has 0 atom stereocenters. The summed E-state index contributed by atoms with van der Waals surface area (Å²) in [5.41, 5.74) is -1.04. The van der Waals surface area contributed by atoms with Crippen LogP contribution in [-0.2, 0) is 0 Å². The second-order valence-corrected chi connectivity index (χ2v) is 3.44. The summed E-state index contributed by atoms with van der Waals surface area (Å²) in [6.45, 7) is 0. The third-order valence-corrected chi connectivity index (χ3v) is 1.90. The molecule has 0 radical (unpaired) electrons. The molecule has 1 rings (SSSR count). The molecule has 0 saturated carbocycles. The summed E-state index contributed by atoms with van der Waals surface area (Å²) in [4.78, 5) is 3.89. The fourth-order valence-electron chi connectivity index (χ4n) is 0.780. The van der Waals surface area contributed by atoms with E-state index in [0.29, 0.717) is 16.4 Å². The minimum Gasteiger partial charge on any atom is -0.296 e. The Balaban J connectivity index is 2.79. The summed E-state index contributed by atoms with van der Waals surface area (Å²) in [5, 5.41) is 6.69. The topological polar surface area (TPSA) is 36.7 Å². The maximum Gasteiger partial charge on any atom is 0.432 e. The highest BCUT2D eigenvalue weighted by Gasteiger charge is 2.32. The fraction of sp³-hybridized carbons (Fsp3) is 0.111. The number of nitrogens with one attached hydrogen (secondary N) is 1. The van der Waals surface area contributed by atoms with E-state index in [9.17, 15) is 13.2 Å². The Hall–Kier alpha value is -1.17. The molecule has 0 unspecified atom stereocenters. The molecule has 0 fully saturated rings. The molecule has 0 aliphatic carbocycles. The molecule has 0 spiro atoms. The van der Waals surface area contributed by atoms with Crippen molar-refractivity contribution in [2.24, 2.45) is 0 Å². The summed E-state index contributed by atoms with van der Waals surface area (Å²) < 4.78 is 36.3. The summed E-state index contributed by atoms with van der Waals surface area (Å²) in [7, 11) is 0. The molecule has 0 bridgehead atoms. The van der Waals surface area contributed by atoms with Crippen molar-refractivity contribution in [1.82, 2.24) is 4.98 Å². The number of hydrogen-bond acceptors (Lipinski definition) is 2. The van der Waals surface area contributed by atoms with Gasteiger partial charge in [-0.15, -0.1) is 0 Å². The lowest BCUT2D eigenvalue weighted by molar-refractivity contribution is -0.0583. The van der Waals surface area contributed by atoms with E-state index in [1.54, 1.807) is 18.2 Å². The number of halogens is 4. The van der Waals surface area contributed by atoms with E-state index in [4.69, 9.17) is 5.41 Å². The van der Waals surface area contributed by atoms with E-state index in [2.05, 4.69) is 20.9 Å². The number of nitrogens with zero attached hydrogens (tertiary/aromatic N) is 1. The van der Waals surface area contributed by atoms with Crippen molar-refractivity contribution in [3.63, 3.8) is 0 Å². The first-order chi connectivity index (χ1) is 6.89. The van der Waals surface area contributed by atoms with Gasteiger partial charge in [0.25, 0.3) is 0 Å². The van der Waals surface area contributed by atoms with E-state index in [0.717, 1.165) is 6.08 Å². The van der Waals surface area contributed by atoms with Crippen LogP contribution < -0.4 is 0 Å². The van der Waals surface area contributed by atoms with Crippen molar-refractivity contribution in [1.29, 1.82) is 5.41 Å². The molecular formula is C9H6BrF3N2. The predicted octanol–water partition coefficient (Wildman–Crippen LogP) is 3.44. The molecule has 0 amide bonds. The zero-order chi connectivity index (χ0) is 11.5. The standard InChI is InChI=1S/C9H6BrF3N2/c10-8-3-1-2-6(15-8)4-5-7(14)9(11,12)13/h1-5,14H/b5-4+,14-7?. The largest absolute Gasteiger partial charge is 0.432 e. The van der Waals surface area contributed by atoms with Crippen LogP contribution in [-0.4, -0.2) is 16.9 Å². The number of rotatable bonds is 2. The molecule has 1 heterocycles. The third kappa shape index (κ3) is 3.83. The zero-order valence-corrected chi connectivity index (χ0v) is 8.93. The van der Waals surface area contributed by atoms with Gasteiger partial charge in [-0.25, -0.2) is 4.98 Å². The molecule has 0 aliphatic rings. The Labute approximate surface area is 92.5 Å². The lowest BCUT2D eigenvalue weighted by atomic mass is 10.2. The normalized spacial score (nSPS) is 12.0. The van der Waals surface area contributed by atoms with E-state index in [1.807, 2.05) is 0 Å². The number of aromatic nitrogens is 1. The Morgan fingerprint density at radius 2 is 2.07 bits per heavy atom. The molecule has 15 heavy (non-hydrogen) atoms. The third-order valence-electron chi connectivity index (χ3n) is 1.46. The quantitative estimate of drug-likeness (QED) is 0.653. The minimum absolute atomic E-state index is 0.360. The van der Waals surface area contributed by atoms with Crippen LogP contribution in [0.3, 0.4) is 0 Å². The SMILES string of the molecule is N=C(/C=C/c1cccc(Br)n1)C(F)(F)F. The number of hydrogen-bond donors (Lipinski definition) is 1. The maximum atomic E-state index is 11.9. The molecular weight excluding hydrogens is 273 g/mol. The van der Waals surface area contributed by atoms with Crippen molar-refractivity contribution in [2.45, 2.75) is 6.18 Å². The lowest BCUT2D eigenvalue weighted by Gasteiger charge is -2.02. The predicted molar refractivity (Wildman–Crippen MR) is 54.8 cm³/mol. The molecule has 0 saturated heterocycles. The Morgan fingerprint density at radius 1 is 1.40 bits per heavy atom. The Kier molecular flexibility index (Phi) is 3.62. The fourth-order valence-corrected chi connectivity index (χ4v) is 1.14. The average molecular weight is 279 g/mol. The van der Waals surface area contributed by atoms with Gasteiger partial charge in [0, 0.05) is 0 Å². The van der Waals surface area contributed by atoms with Crippen molar-refractivity contribution >= 4 is 27.7 Å². The number of pyridine rings is 1. The van der Waals surface area contributed by atoms with Gasteiger partial charge in [0.15, 0.2) is 0 Å². The van der Waals surface area contributed by atoms with Crippen molar-refractivity contribution < 1.29 is 13.2 Å². The van der Waals surface area contributed by atoms with Crippen LogP contribution in [0.5, 0.6) is 0 Å². The van der Waals surface area contributed by atoms with Crippen molar-refractivity contribution in [3.05, 3.63) is 34.6 Å². The van der Waals surface area contributed by atoms with Gasteiger partial charge >= 0.3 is 6.18 Å². The molecule has 0 aromatic carbocycles. The Morgan fingerprint density at radius 3 is 2.60 bits per heavy atom. The van der Waals surface area contributed by atoms with Gasteiger partial charge < -0.3 is 0 Å². The maximum absolute atomic E-state index is 11.9. The second-order valence-electron chi connectivity index (χ2n) is 2.63. The van der Waals surface area contributed by atoms with Crippen LogP contribution in [0.2, 0.25) is 0 Å². The molecule has 1 aromatic heterocycles. The van der Waals surface area contributed by atoms with Gasteiger partial charge in [-0.1, -0.05) is 6.07 Å². The van der Waals surface area contributed by atoms with Crippen LogP contribution in [0, 0.1) is 5.41 Å². The lowest BCUT2D eigenvalue weighted by Crippen LogP contribution is -2.19. The van der Waals surface area contributed by atoms with Crippen LogP contribution in [0.15, 0.2) is 28.9 Å². The van der Waals surface area contributed by atoms with Crippen LogP contribution in [0.4, 0.5) is 13.2 Å². The van der Waals surface area contributed by atoms with E-state index in [1.165, 1.54) is 0 Å². The summed E-state index contributed by atoms with van der Waals surface area (Å²) in [6, 6.07) is 4.85. The Bertz CT molecular complexity index is 399. The molecule has 1 aromatic rings. The molecule has 2 nitrogen and oxygen atoms in total. The average Bonchev–Trinajstić information content (AvgIpc) is 2.12. The molecule has 0 aliphatic heterocycles. The van der Waals surface area contributed by atoms with Gasteiger partial charge in [0.1, 0.15) is 10.3 Å². The highest BCUT2D eigenvalue weighted by atomic mass is 79.9. The van der Waals surface area contributed by atoms with Crippen LogP contribution in [0.25, 0.3) is 6.08 Å². The van der Waals surface area contributed by atoms with Gasteiger partial charge in [-0.2, -0.15) is 13.2 Å². The molecule has 1 N–H and O–H groups in total. The van der Waals surface area contributed by atoms with Crippen molar-refractivity contribution in [3.8, 4) is 0 Å². The highest BCUT2D eigenvalue weighted by Crippen LogP contribution is 2.17. The van der Waals surface area contributed by atoms with Gasteiger partial charge in [-0.05, 0) is 40.2 Å². The molecule has 80 valence electrons. The van der Waals surface area contributed by atoms with Gasteiger partial charge in [0.05, 0.1) is 5.69 Å². The smallest absolute Gasteiger partial charge is 0.296 e.